The molecular formula is C23H28N6O3. The van der Waals surface area contributed by atoms with E-state index in [4.69, 9.17) is 14.7 Å². The molecule has 3 aliphatic rings. The predicted octanol–water partition coefficient (Wildman–Crippen LogP) is 2.51. The van der Waals surface area contributed by atoms with Gasteiger partial charge in [-0.2, -0.15) is 0 Å². The average molecular weight is 437 g/mol. The second-order valence-corrected chi connectivity index (χ2v) is 8.74. The number of nitrogens with one attached hydrogen (secondary N) is 2. The summed E-state index contributed by atoms with van der Waals surface area (Å²) in [4.78, 5) is 37.8. The Balaban J connectivity index is 1.43. The Labute approximate surface area is 187 Å². The fraction of sp³-hybridized carbons (Fsp3) is 0.478. The number of hydrogen-bond donors (Lipinski definition) is 2. The first-order valence-corrected chi connectivity index (χ1v) is 11.2. The highest BCUT2D eigenvalue weighted by molar-refractivity contribution is 5.89. The van der Waals surface area contributed by atoms with Crippen molar-refractivity contribution in [1.29, 1.82) is 0 Å². The summed E-state index contributed by atoms with van der Waals surface area (Å²) >= 11 is 0. The maximum atomic E-state index is 12.0. The van der Waals surface area contributed by atoms with Crippen LogP contribution in [-0.4, -0.2) is 58.6 Å². The molecule has 1 aromatic heterocycles. The van der Waals surface area contributed by atoms with Gasteiger partial charge in [0, 0.05) is 36.3 Å². The molecule has 168 valence electrons. The fourth-order valence-corrected chi connectivity index (χ4v) is 4.15. The lowest BCUT2D eigenvalue weighted by Gasteiger charge is -2.35. The molecule has 2 fully saturated rings. The zero-order valence-corrected chi connectivity index (χ0v) is 18.4. The van der Waals surface area contributed by atoms with E-state index in [9.17, 15) is 9.59 Å². The second kappa shape index (κ2) is 8.38. The zero-order chi connectivity index (χ0) is 22.2. The van der Waals surface area contributed by atoms with Crippen molar-refractivity contribution < 1.29 is 14.3 Å². The standard InChI is InChI=1S/C23H28N6O3/c1-14-13-32-10-9-29(14)22-19-11-28(15(2)30)12-20(19)26-21(27-22)16-3-5-17(6-4-16)24-23(31)25-18-7-8-18/h3-6,14,18H,7-13H2,1-2H3,(H2,24,25,31)/t14-/m0/s1. The molecule has 2 aromatic rings. The van der Waals surface area contributed by atoms with E-state index < -0.39 is 0 Å². The third-order valence-corrected chi connectivity index (χ3v) is 6.16. The summed E-state index contributed by atoms with van der Waals surface area (Å²) in [5.74, 6) is 1.54. The summed E-state index contributed by atoms with van der Waals surface area (Å²) in [6.07, 6.45) is 2.10. The molecule has 1 aliphatic carbocycles. The summed E-state index contributed by atoms with van der Waals surface area (Å²) in [7, 11) is 0. The third kappa shape index (κ3) is 4.25. The van der Waals surface area contributed by atoms with Crippen molar-refractivity contribution >= 4 is 23.4 Å². The lowest BCUT2D eigenvalue weighted by atomic mass is 10.1. The zero-order valence-electron chi connectivity index (χ0n) is 18.4. The van der Waals surface area contributed by atoms with E-state index in [1.54, 1.807) is 11.8 Å². The molecule has 1 atom stereocenters. The molecule has 1 saturated carbocycles. The fourth-order valence-electron chi connectivity index (χ4n) is 4.15. The number of urea groups is 1. The maximum Gasteiger partial charge on any atom is 0.319 e. The molecule has 3 amide bonds. The number of fused-ring (bicyclic) bond motifs is 1. The van der Waals surface area contributed by atoms with Gasteiger partial charge in [-0.25, -0.2) is 14.8 Å². The first kappa shape index (κ1) is 20.7. The molecule has 0 radical (unpaired) electrons. The molecule has 1 saturated heterocycles. The number of hydrogen-bond acceptors (Lipinski definition) is 6. The first-order chi connectivity index (χ1) is 15.5. The van der Waals surface area contributed by atoms with E-state index in [0.717, 1.165) is 47.7 Å². The Morgan fingerprint density at radius 1 is 1.12 bits per heavy atom. The normalized spacial score (nSPS) is 20.1. The average Bonchev–Trinajstić information content (AvgIpc) is 3.47. The number of ether oxygens (including phenoxy) is 1. The number of morpholine rings is 1. The maximum absolute atomic E-state index is 12.0. The molecular weight excluding hydrogens is 408 g/mol. The number of carbonyl (C=O) groups excluding carboxylic acids is 2. The van der Waals surface area contributed by atoms with Gasteiger partial charge in [0.15, 0.2) is 5.82 Å². The SMILES string of the molecule is CC(=O)N1Cc2nc(-c3ccc(NC(=O)NC4CC4)cc3)nc(N3CCOC[C@@H]3C)c2C1. The van der Waals surface area contributed by atoms with Crippen molar-refractivity contribution in [3.63, 3.8) is 0 Å². The summed E-state index contributed by atoms with van der Waals surface area (Å²) in [6, 6.07) is 7.87. The first-order valence-electron chi connectivity index (χ1n) is 11.2. The van der Waals surface area contributed by atoms with Crippen LogP contribution in [0.15, 0.2) is 24.3 Å². The number of nitrogens with zero attached hydrogens (tertiary/aromatic N) is 4. The minimum Gasteiger partial charge on any atom is -0.377 e. The predicted molar refractivity (Wildman–Crippen MR) is 120 cm³/mol. The van der Waals surface area contributed by atoms with E-state index in [2.05, 4.69) is 22.5 Å². The van der Waals surface area contributed by atoms with Crippen LogP contribution in [0, 0.1) is 0 Å². The number of benzene rings is 1. The molecule has 0 unspecified atom stereocenters. The minimum atomic E-state index is -0.179. The van der Waals surface area contributed by atoms with E-state index in [1.165, 1.54) is 0 Å². The summed E-state index contributed by atoms with van der Waals surface area (Å²) in [5.41, 5.74) is 3.50. The van der Waals surface area contributed by atoms with Crippen LogP contribution in [0.5, 0.6) is 0 Å². The lowest BCUT2D eigenvalue weighted by Crippen LogP contribution is -2.44. The number of carbonyl (C=O) groups is 2. The topological polar surface area (TPSA) is 99.7 Å². The van der Waals surface area contributed by atoms with Crippen LogP contribution in [0.2, 0.25) is 0 Å². The number of anilines is 2. The van der Waals surface area contributed by atoms with E-state index in [0.29, 0.717) is 38.2 Å². The van der Waals surface area contributed by atoms with Gasteiger partial charge >= 0.3 is 6.03 Å². The summed E-state index contributed by atoms with van der Waals surface area (Å²) in [5, 5.41) is 5.78. The molecule has 32 heavy (non-hydrogen) atoms. The highest BCUT2D eigenvalue weighted by atomic mass is 16.5. The quantitative estimate of drug-likeness (QED) is 0.764. The van der Waals surface area contributed by atoms with E-state index in [1.807, 2.05) is 24.3 Å². The molecule has 0 spiro atoms. The van der Waals surface area contributed by atoms with Gasteiger partial charge in [0.2, 0.25) is 5.91 Å². The van der Waals surface area contributed by atoms with Crippen LogP contribution in [-0.2, 0) is 22.6 Å². The monoisotopic (exact) mass is 436 g/mol. The van der Waals surface area contributed by atoms with Gasteiger partial charge in [-0.05, 0) is 44.0 Å². The number of aromatic nitrogens is 2. The molecule has 5 rings (SSSR count). The van der Waals surface area contributed by atoms with Gasteiger partial charge in [-0.3, -0.25) is 4.79 Å². The van der Waals surface area contributed by atoms with E-state index in [-0.39, 0.29) is 18.0 Å². The van der Waals surface area contributed by atoms with Crippen molar-refractivity contribution in [1.82, 2.24) is 20.2 Å². The van der Waals surface area contributed by atoms with Crippen molar-refractivity contribution in [2.75, 3.05) is 30.0 Å². The van der Waals surface area contributed by atoms with Gasteiger partial charge in [-0.15, -0.1) is 0 Å². The highest BCUT2D eigenvalue weighted by Gasteiger charge is 2.31. The van der Waals surface area contributed by atoms with Crippen molar-refractivity contribution in [3.05, 3.63) is 35.5 Å². The van der Waals surface area contributed by atoms with Gasteiger partial charge in [0.1, 0.15) is 5.82 Å². The Hall–Kier alpha value is -3.20. The van der Waals surface area contributed by atoms with E-state index >= 15 is 0 Å². The van der Waals surface area contributed by atoms with Crippen molar-refractivity contribution in [3.8, 4) is 11.4 Å². The van der Waals surface area contributed by atoms with Crippen LogP contribution in [0.4, 0.5) is 16.3 Å². The largest absolute Gasteiger partial charge is 0.377 e. The van der Waals surface area contributed by atoms with Crippen LogP contribution in [0.3, 0.4) is 0 Å². The second-order valence-electron chi connectivity index (χ2n) is 8.74. The molecule has 2 N–H and O–H groups in total. The lowest BCUT2D eigenvalue weighted by molar-refractivity contribution is -0.129. The molecule has 9 heteroatoms. The molecule has 2 aliphatic heterocycles. The summed E-state index contributed by atoms with van der Waals surface area (Å²) in [6.45, 7) is 6.78. The van der Waals surface area contributed by atoms with Crippen LogP contribution >= 0.6 is 0 Å². The third-order valence-electron chi connectivity index (χ3n) is 6.16. The Morgan fingerprint density at radius 3 is 2.59 bits per heavy atom. The van der Waals surface area contributed by atoms with Crippen molar-refractivity contribution in [2.24, 2.45) is 0 Å². The smallest absolute Gasteiger partial charge is 0.319 e. The molecule has 9 nitrogen and oxygen atoms in total. The van der Waals surface area contributed by atoms with Crippen LogP contribution in [0.1, 0.15) is 37.9 Å². The van der Waals surface area contributed by atoms with Gasteiger partial charge in [-0.1, -0.05) is 0 Å². The van der Waals surface area contributed by atoms with Gasteiger partial charge < -0.3 is 25.2 Å². The van der Waals surface area contributed by atoms with Crippen LogP contribution < -0.4 is 15.5 Å². The Bertz CT molecular complexity index is 1040. The summed E-state index contributed by atoms with van der Waals surface area (Å²) < 4.78 is 5.61. The van der Waals surface area contributed by atoms with Gasteiger partial charge in [0.25, 0.3) is 0 Å². The number of rotatable bonds is 4. The molecule has 3 heterocycles. The molecule has 0 bridgehead atoms. The van der Waals surface area contributed by atoms with Crippen LogP contribution in [0.25, 0.3) is 11.4 Å². The number of amides is 3. The Morgan fingerprint density at radius 2 is 1.91 bits per heavy atom. The highest BCUT2D eigenvalue weighted by Crippen LogP contribution is 2.33. The van der Waals surface area contributed by atoms with Crippen molar-refractivity contribution in [2.45, 2.75) is 51.9 Å². The molecule has 1 aromatic carbocycles. The Kier molecular flexibility index (Phi) is 5.42. The van der Waals surface area contributed by atoms with Gasteiger partial charge in [0.05, 0.1) is 38.0 Å². The minimum absolute atomic E-state index is 0.0328.